The number of rotatable bonds is 4. The highest BCUT2D eigenvalue weighted by molar-refractivity contribution is 8.18. The van der Waals surface area contributed by atoms with Crippen LogP contribution in [0.4, 0.5) is 5.69 Å². The van der Waals surface area contributed by atoms with Gasteiger partial charge in [0.25, 0.3) is 5.91 Å². The van der Waals surface area contributed by atoms with Crippen molar-refractivity contribution in [2.24, 2.45) is 4.99 Å². The van der Waals surface area contributed by atoms with Crippen LogP contribution in [0.1, 0.15) is 22.8 Å². The van der Waals surface area contributed by atoms with Crippen molar-refractivity contribution in [1.82, 2.24) is 4.90 Å². The maximum absolute atomic E-state index is 12.5. The standard InChI is InChI=1S/C20H17ClN2O3S/c1-3-26-19(25)13-8-10-15(11-9-13)22-20-23(2)18(24)17(27-20)12-14-6-4-5-7-16(14)21/h4-12H,3H2,1-2H3/b17-12-,22-20?. The van der Waals surface area contributed by atoms with Gasteiger partial charge in [-0.25, -0.2) is 9.79 Å². The molecule has 0 unspecified atom stereocenters. The predicted octanol–water partition coefficient (Wildman–Crippen LogP) is 4.75. The van der Waals surface area contributed by atoms with Gasteiger partial charge in [0.15, 0.2) is 5.17 Å². The van der Waals surface area contributed by atoms with Gasteiger partial charge in [0.1, 0.15) is 0 Å². The highest BCUT2D eigenvalue weighted by Crippen LogP contribution is 2.34. The number of nitrogens with zero attached hydrogens (tertiary/aromatic N) is 2. The third-order valence-electron chi connectivity index (χ3n) is 3.80. The molecule has 0 radical (unpaired) electrons. The SMILES string of the molecule is CCOC(=O)c1ccc(N=C2S/C(=C\c3ccccc3Cl)C(=O)N2C)cc1. The molecule has 3 rings (SSSR count). The number of aliphatic imine (C=N–C) groups is 1. The van der Waals surface area contributed by atoms with E-state index in [9.17, 15) is 9.59 Å². The van der Waals surface area contributed by atoms with Crippen LogP contribution >= 0.6 is 23.4 Å². The summed E-state index contributed by atoms with van der Waals surface area (Å²) < 4.78 is 4.96. The molecule has 1 aliphatic rings. The molecule has 2 aromatic carbocycles. The quantitative estimate of drug-likeness (QED) is 0.549. The summed E-state index contributed by atoms with van der Waals surface area (Å²) in [6, 6.07) is 14.1. The lowest BCUT2D eigenvalue weighted by Crippen LogP contribution is -2.23. The Kier molecular flexibility index (Phi) is 5.98. The molecule has 1 fully saturated rings. The van der Waals surface area contributed by atoms with Crippen LogP contribution in [0.3, 0.4) is 0 Å². The molecule has 0 N–H and O–H groups in total. The number of carbonyl (C=O) groups excluding carboxylic acids is 2. The highest BCUT2D eigenvalue weighted by atomic mass is 35.5. The Bertz CT molecular complexity index is 938. The number of esters is 1. The molecule has 0 spiro atoms. The first-order valence-corrected chi connectivity index (χ1v) is 9.47. The van der Waals surface area contributed by atoms with Crippen LogP contribution in [-0.4, -0.2) is 35.6 Å². The first-order chi connectivity index (χ1) is 13.0. The fourth-order valence-corrected chi connectivity index (χ4v) is 3.55. The smallest absolute Gasteiger partial charge is 0.338 e. The topological polar surface area (TPSA) is 59.0 Å². The summed E-state index contributed by atoms with van der Waals surface area (Å²) in [6.07, 6.45) is 1.76. The van der Waals surface area contributed by atoms with Crippen LogP contribution in [0.25, 0.3) is 6.08 Å². The number of amidine groups is 1. The molecule has 0 aliphatic carbocycles. The number of hydrogen-bond acceptors (Lipinski definition) is 5. The lowest BCUT2D eigenvalue weighted by Gasteiger charge is -2.07. The molecule has 27 heavy (non-hydrogen) atoms. The van der Waals surface area contributed by atoms with E-state index >= 15 is 0 Å². The summed E-state index contributed by atoms with van der Waals surface area (Å²) in [4.78, 5) is 30.7. The van der Waals surface area contributed by atoms with Crippen molar-refractivity contribution in [1.29, 1.82) is 0 Å². The van der Waals surface area contributed by atoms with Crippen LogP contribution in [-0.2, 0) is 9.53 Å². The van der Waals surface area contributed by atoms with Gasteiger partial charge >= 0.3 is 5.97 Å². The van der Waals surface area contributed by atoms with Gasteiger partial charge in [-0.3, -0.25) is 9.69 Å². The zero-order chi connectivity index (χ0) is 19.4. The average Bonchev–Trinajstić information content (AvgIpc) is 2.92. The molecule has 1 heterocycles. The summed E-state index contributed by atoms with van der Waals surface area (Å²) in [5.74, 6) is -0.508. The van der Waals surface area contributed by atoms with Crippen molar-refractivity contribution in [2.75, 3.05) is 13.7 Å². The molecule has 2 aromatic rings. The molecule has 0 atom stereocenters. The van der Waals surface area contributed by atoms with E-state index in [1.54, 1.807) is 50.4 Å². The number of ether oxygens (including phenoxy) is 1. The maximum Gasteiger partial charge on any atom is 0.338 e. The van der Waals surface area contributed by atoms with E-state index in [1.165, 1.54) is 16.7 Å². The lowest BCUT2D eigenvalue weighted by atomic mass is 10.2. The Labute approximate surface area is 166 Å². The predicted molar refractivity (Wildman–Crippen MR) is 109 cm³/mol. The zero-order valence-corrected chi connectivity index (χ0v) is 16.4. The van der Waals surface area contributed by atoms with Gasteiger partial charge in [0.05, 0.1) is 22.8 Å². The van der Waals surface area contributed by atoms with E-state index in [2.05, 4.69) is 4.99 Å². The lowest BCUT2D eigenvalue weighted by molar-refractivity contribution is -0.121. The molecule has 0 bridgehead atoms. The van der Waals surface area contributed by atoms with Gasteiger partial charge in [-0.15, -0.1) is 0 Å². The van der Waals surface area contributed by atoms with Gasteiger partial charge < -0.3 is 4.74 Å². The number of hydrogen-bond donors (Lipinski definition) is 0. The Morgan fingerprint density at radius 1 is 1.22 bits per heavy atom. The van der Waals surface area contributed by atoms with Gasteiger partial charge in [-0.2, -0.15) is 0 Å². The van der Waals surface area contributed by atoms with Crippen LogP contribution in [0, 0.1) is 0 Å². The van der Waals surface area contributed by atoms with E-state index in [4.69, 9.17) is 16.3 Å². The van der Waals surface area contributed by atoms with Gasteiger partial charge in [0.2, 0.25) is 0 Å². The molecule has 7 heteroatoms. The fourth-order valence-electron chi connectivity index (χ4n) is 2.38. The van der Waals surface area contributed by atoms with Crippen molar-refractivity contribution in [3.05, 3.63) is 69.6 Å². The van der Waals surface area contributed by atoms with E-state index < -0.39 is 0 Å². The average molecular weight is 401 g/mol. The Morgan fingerprint density at radius 3 is 2.59 bits per heavy atom. The third-order valence-corrected chi connectivity index (χ3v) is 5.20. The number of halogens is 1. The molecular weight excluding hydrogens is 384 g/mol. The maximum atomic E-state index is 12.5. The number of likely N-dealkylation sites (N-methyl/N-ethyl adjacent to an activating group) is 1. The Hall–Kier alpha value is -2.57. The molecule has 5 nitrogen and oxygen atoms in total. The second-order valence-electron chi connectivity index (χ2n) is 5.66. The number of carbonyl (C=O) groups is 2. The summed E-state index contributed by atoms with van der Waals surface area (Å²) in [5, 5.41) is 1.14. The van der Waals surface area contributed by atoms with Crippen molar-refractivity contribution >= 4 is 52.2 Å². The van der Waals surface area contributed by atoms with Crippen molar-refractivity contribution in [3.63, 3.8) is 0 Å². The van der Waals surface area contributed by atoms with Crippen LogP contribution in [0.15, 0.2) is 58.4 Å². The Balaban J connectivity index is 1.82. The van der Waals surface area contributed by atoms with Crippen LogP contribution in [0.2, 0.25) is 5.02 Å². The van der Waals surface area contributed by atoms with Gasteiger partial charge in [-0.1, -0.05) is 29.8 Å². The summed E-state index contributed by atoms with van der Waals surface area (Å²) in [7, 11) is 1.68. The molecule has 1 amide bonds. The molecule has 0 aromatic heterocycles. The summed E-state index contributed by atoms with van der Waals surface area (Å²) in [6.45, 7) is 2.09. The normalized spacial score (nSPS) is 17.0. The first kappa shape index (κ1) is 19.2. The summed E-state index contributed by atoms with van der Waals surface area (Å²) in [5.41, 5.74) is 1.89. The molecule has 138 valence electrons. The third kappa shape index (κ3) is 4.40. The number of amides is 1. The minimum absolute atomic E-state index is 0.137. The second kappa shape index (κ2) is 8.41. The second-order valence-corrected chi connectivity index (χ2v) is 7.07. The minimum atomic E-state index is -0.371. The van der Waals surface area contributed by atoms with E-state index in [-0.39, 0.29) is 11.9 Å². The molecule has 0 saturated carbocycles. The van der Waals surface area contributed by atoms with Gasteiger partial charge in [0, 0.05) is 12.1 Å². The molecule has 1 saturated heterocycles. The van der Waals surface area contributed by atoms with E-state index in [0.29, 0.717) is 33.0 Å². The van der Waals surface area contributed by atoms with Crippen LogP contribution in [0.5, 0.6) is 0 Å². The molecule has 1 aliphatic heterocycles. The summed E-state index contributed by atoms with van der Waals surface area (Å²) >= 11 is 7.45. The molecular formula is C20H17ClN2O3S. The zero-order valence-electron chi connectivity index (χ0n) is 14.8. The number of thioether (sulfide) groups is 1. The van der Waals surface area contributed by atoms with Crippen molar-refractivity contribution < 1.29 is 14.3 Å². The minimum Gasteiger partial charge on any atom is -0.462 e. The monoisotopic (exact) mass is 400 g/mol. The fraction of sp³-hybridized carbons (Fsp3) is 0.150. The van der Waals surface area contributed by atoms with Crippen molar-refractivity contribution in [3.8, 4) is 0 Å². The van der Waals surface area contributed by atoms with Gasteiger partial charge in [-0.05, 0) is 60.7 Å². The first-order valence-electron chi connectivity index (χ1n) is 8.27. The number of benzene rings is 2. The van der Waals surface area contributed by atoms with E-state index in [0.717, 1.165) is 5.56 Å². The highest BCUT2D eigenvalue weighted by Gasteiger charge is 2.30. The van der Waals surface area contributed by atoms with Crippen molar-refractivity contribution in [2.45, 2.75) is 6.92 Å². The van der Waals surface area contributed by atoms with E-state index in [1.807, 2.05) is 18.2 Å². The van der Waals surface area contributed by atoms with Crippen LogP contribution < -0.4 is 0 Å². The largest absolute Gasteiger partial charge is 0.462 e. The Morgan fingerprint density at radius 2 is 1.93 bits per heavy atom.